The van der Waals surface area contributed by atoms with Crippen molar-refractivity contribution in [3.63, 3.8) is 0 Å². The summed E-state index contributed by atoms with van der Waals surface area (Å²) in [5, 5.41) is 13.0. The molecule has 1 aliphatic heterocycles. The summed E-state index contributed by atoms with van der Waals surface area (Å²) in [4.78, 5) is 17.6. The Kier molecular flexibility index (Phi) is 5.25. The van der Waals surface area contributed by atoms with Crippen molar-refractivity contribution in [1.82, 2.24) is 15.0 Å². The molecular weight excluding hydrogens is 306 g/mol. The van der Waals surface area contributed by atoms with Crippen LogP contribution in [0.1, 0.15) is 37.1 Å². The summed E-state index contributed by atoms with van der Waals surface area (Å²) in [5.41, 5.74) is 2.12. The zero-order valence-electron chi connectivity index (χ0n) is 13.9. The van der Waals surface area contributed by atoms with Crippen LogP contribution in [-0.2, 0) is 11.3 Å². The Labute approximate surface area is 141 Å². The van der Waals surface area contributed by atoms with Gasteiger partial charge in [0.05, 0.1) is 6.54 Å². The Morgan fingerprint density at radius 1 is 1.38 bits per heavy atom. The summed E-state index contributed by atoms with van der Waals surface area (Å²) >= 11 is 0. The van der Waals surface area contributed by atoms with Crippen LogP contribution in [0.2, 0.25) is 0 Å². The van der Waals surface area contributed by atoms with Crippen LogP contribution in [0, 0.1) is 12.8 Å². The topological polar surface area (TPSA) is 79.5 Å². The number of aromatic nitrogens is 2. The minimum absolute atomic E-state index is 0.270. The molecular formula is C18H23N3O3. The van der Waals surface area contributed by atoms with Crippen LogP contribution in [0.4, 0.5) is 0 Å². The third-order valence-electron chi connectivity index (χ3n) is 4.51. The van der Waals surface area contributed by atoms with Crippen molar-refractivity contribution in [2.24, 2.45) is 5.92 Å². The van der Waals surface area contributed by atoms with Gasteiger partial charge in [-0.15, -0.1) is 0 Å². The minimum Gasteiger partial charge on any atom is -0.481 e. The van der Waals surface area contributed by atoms with Crippen LogP contribution in [0.3, 0.4) is 0 Å². The number of nitrogens with zero attached hydrogens (tertiary/aromatic N) is 3. The average Bonchev–Trinajstić information content (AvgIpc) is 2.89. The van der Waals surface area contributed by atoms with Gasteiger partial charge in [-0.25, -0.2) is 0 Å². The first-order valence-corrected chi connectivity index (χ1v) is 8.44. The van der Waals surface area contributed by atoms with Gasteiger partial charge < -0.3 is 9.63 Å². The molecule has 24 heavy (non-hydrogen) atoms. The number of rotatable bonds is 5. The first-order chi connectivity index (χ1) is 11.6. The van der Waals surface area contributed by atoms with E-state index in [9.17, 15) is 4.79 Å². The van der Waals surface area contributed by atoms with E-state index < -0.39 is 5.97 Å². The van der Waals surface area contributed by atoms with E-state index in [1.165, 1.54) is 0 Å². The molecule has 0 saturated carbocycles. The monoisotopic (exact) mass is 329 g/mol. The molecule has 6 nitrogen and oxygen atoms in total. The third kappa shape index (κ3) is 4.41. The molecule has 2 heterocycles. The molecule has 6 heteroatoms. The Morgan fingerprint density at radius 2 is 2.25 bits per heavy atom. The second kappa shape index (κ2) is 7.57. The molecule has 1 saturated heterocycles. The number of carboxylic acids is 1. The molecule has 1 aromatic heterocycles. The van der Waals surface area contributed by atoms with E-state index in [0.717, 1.165) is 43.5 Å². The predicted octanol–water partition coefficient (Wildman–Crippen LogP) is 3.12. The van der Waals surface area contributed by atoms with Crippen molar-refractivity contribution in [3.05, 3.63) is 35.7 Å². The molecule has 1 fully saturated rings. The van der Waals surface area contributed by atoms with Gasteiger partial charge in [0.1, 0.15) is 0 Å². The van der Waals surface area contributed by atoms with Crippen molar-refractivity contribution < 1.29 is 14.4 Å². The first-order valence-electron chi connectivity index (χ1n) is 8.44. The zero-order valence-corrected chi connectivity index (χ0v) is 13.9. The Morgan fingerprint density at radius 3 is 3.04 bits per heavy atom. The van der Waals surface area contributed by atoms with E-state index in [1.807, 2.05) is 31.2 Å². The number of aliphatic carboxylic acids is 1. The molecule has 0 aliphatic carbocycles. The highest BCUT2D eigenvalue weighted by Crippen LogP contribution is 2.22. The molecule has 0 radical (unpaired) electrons. The lowest BCUT2D eigenvalue weighted by molar-refractivity contribution is -0.138. The van der Waals surface area contributed by atoms with Crippen LogP contribution in [0.5, 0.6) is 0 Å². The number of carboxylic acid groups (broad SMARTS) is 1. The molecule has 1 aliphatic rings. The van der Waals surface area contributed by atoms with Crippen LogP contribution in [-0.4, -0.2) is 39.2 Å². The van der Waals surface area contributed by atoms with Crippen molar-refractivity contribution in [2.75, 3.05) is 13.1 Å². The maximum absolute atomic E-state index is 10.9. The first kappa shape index (κ1) is 16.6. The lowest BCUT2D eigenvalue weighted by Crippen LogP contribution is -2.24. The standard InChI is InChI=1S/C18H23N3O3/c1-13-4-2-6-15(10-13)18-19-16(24-20-18)12-21-8-3-5-14(7-9-21)11-17(22)23/h2,4,6,10,14H,3,5,7-9,11-12H2,1H3,(H,22,23)/t14-/m0/s1. The van der Waals surface area contributed by atoms with Gasteiger partial charge in [0.15, 0.2) is 0 Å². The van der Waals surface area contributed by atoms with Crippen molar-refractivity contribution in [1.29, 1.82) is 0 Å². The molecule has 128 valence electrons. The quantitative estimate of drug-likeness (QED) is 0.908. The fraction of sp³-hybridized carbons (Fsp3) is 0.500. The third-order valence-corrected chi connectivity index (χ3v) is 4.51. The van der Waals surface area contributed by atoms with E-state index in [0.29, 0.717) is 18.3 Å². The predicted molar refractivity (Wildman–Crippen MR) is 89.3 cm³/mol. The van der Waals surface area contributed by atoms with E-state index >= 15 is 0 Å². The largest absolute Gasteiger partial charge is 0.481 e. The van der Waals surface area contributed by atoms with E-state index in [1.54, 1.807) is 0 Å². The highest BCUT2D eigenvalue weighted by atomic mass is 16.5. The maximum atomic E-state index is 10.9. The second-order valence-corrected chi connectivity index (χ2v) is 6.55. The van der Waals surface area contributed by atoms with Gasteiger partial charge in [-0.1, -0.05) is 28.9 Å². The maximum Gasteiger partial charge on any atom is 0.303 e. The molecule has 0 unspecified atom stereocenters. The van der Waals surface area contributed by atoms with Crippen molar-refractivity contribution in [2.45, 2.75) is 39.2 Å². The summed E-state index contributed by atoms with van der Waals surface area (Å²) in [6.45, 7) is 4.48. The number of benzene rings is 1. The Balaban J connectivity index is 1.60. The minimum atomic E-state index is -0.701. The Hall–Kier alpha value is -2.21. The number of likely N-dealkylation sites (tertiary alicyclic amines) is 1. The second-order valence-electron chi connectivity index (χ2n) is 6.55. The van der Waals surface area contributed by atoms with Gasteiger partial charge in [0.25, 0.3) is 0 Å². The highest BCUT2D eigenvalue weighted by Gasteiger charge is 2.21. The summed E-state index contributed by atoms with van der Waals surface area (Å²) in [6, 6.07) is 8.04. The van der Waals surface area contributed by atoms with Gasteiger partial charge in [0, 0.05) is 12.0 Å². The van der Waals surface area contributed by atoms with Gasteiger partial charge in [-0.05, 0) is 51.3 Å². The van der Waals surface area contributed by atoms with Crippen LogP contribution < -0.4 is 0 Å². The van der Waals surface area contributed by atoms with Gasteiger partial charge in [-0.3, -0.25) is 9.69 Å². The van der Waals surface area contributed by atoms with E-state index in [-0.39, 0.29) is 12.3 Å². The Bertz CT molecular complexity index is 698. The smallest absolute Gasteiger partial charge is 0.303 e. The normalized spacial score (nSPS) is 19.1. The number of hydrogen-bond donors (Lipinski definition) is 1. The fourth-order valence-corrected chi connectivity index (χ4v) is 3.25. The van der Waals surface area contributed by atoms with Crippen LogP contribution in [0.15, 0.2) is 28.8 Å². The van der Waals surface area contributed by atoms with Crippen LogP contribution >= 0.6 is 0 Å². The number of hydrogen-bond acceptors (Lipinski definition) is 5. The highest BCUT2D eigenvalue weighted by molar-refractivity contribution is 5.67. The summed E-state index contributed by atoms with van der Waals surface area (Å²) in [6.07, 6.45) is 3.16. The SMILES string of the molecule is Cc1cccc(-c2noc(CN3CCC[C@H](CC(=O)O)CC3)n2)c1. The molecule has 0 bridgehead atoms. The molecule has 0 spiro atoms. The summed E-state index contributed by atoms with van der Waals surface area (Å²) in [5.74, 6) is 0.807. The molecule has 2 aromatic rings. The number of carbonyl (C=O) groups is 1. The molecule has 3 rings (SSSR count). The van der Waals surface area contributed by atoms with Gasteiger partial charge in [0.2, 0.25) is 11.7 Å². The van der Waals surface area contributed by atoms with Crippen molar-refractivity contribution >= 4 is 5.97 Å². The van der Waals surface area contributed by atoms with E-state index in [4.69, 9.17) is 9.63 Å². The zero-order chi connectivity index (χ0) is 16.9. The summed E-state index contributed by atoms with van der Waals surface area (Å²) < 4.78 is 5.40. The molecule has 1 aromatic carbocycles. The summed E-state index contributed by atoms with van der Waals surface area (Å²) in [7, 11) is 0. The molecule has 1 atom stereocenters. The average molecular weight is 329 g/mol. The van der Waals surface area contributed by atoms with E-state index in [2.05, 4.69) is 15.0 Å². The lowest BCUT2D eigenvalue weighted by atomic mass is 9.97. The van der Waals surface area contributed by atoms with Gasteiger partial charge >= 0.3 is 5.97 Å². The fourth-order valence-electron chi connectivity index (χ4n) is 3.25. The van der Waals surface area contributed by atoms with Gasteiger partial charge in [-0.2, -0.15) is 4.98 Å². The molecule has 1 N–H and O–H groups in total. The van der Waals surface area contributed by atoms with Crippen molar-refractivity contribution in [3.8, 4) is 11.4 Å². The van der Waals surface area contributed by atoms with Crippen LogP contribution in [0.25, 0.3) is 11.4 Å². The molecule has 0 amide bonds. The lowest BCUT2D eigenvalue weighted by Gasteiger charge is -2.17. The number of aryl methyl sites for hydroxylation is 1.